The van der Waals surface area contributed by atoms with Gasteiger partial charge in [0.05, 0.1) is 0 Å². The largest absolute Gasteiger partial charge is 0.438 e. The van der Waals surface area contributed by atoms with Crippen LogP contribution in [0.5, 0.6) is 0 Å². The molecule has 0 bridgehead atoms. The Morgan fingerprint density at radius 3 is 2.43 bits per heavy atom. The van der Waals surface area contributed by atoms with Gasteiger partial charge in [-0.1, -0.05) is 0 Å². The molecule has 0 fully saturated rings. The van der Waals surface area contributed by atoms with Gasteiger partial charge in [-0.2, -0.15) is 0 Å². The van der Waals surface area contributed by atoms with Crippen molar-refractivity contribution in [2.45, 2.75) is 0 Å². The SMILES string of the molecule is O=C(C[PH](=O)OCO)OCOCO.[Y]. The van der Waals surface area contributed by atoms with E-state index in [1.54, 1.807) is 0 Å². The fourth-order valence-corrected chi connectivity index (χ4v) is 1.02. The summed E-state index contributed by atoms with van der Waals surface area (Å²) in [6.07, 6.45) is -0.417. The van der Waals surface area contributed by atoms with Crippen LogP contribution in [0.2, 0.25) is 0 Å². The maximum absolute atomic E-state index is 10.7. The first-order valence-electron chi connectivity index (χ1n) is 3.31. The predicted octanol–water partition coefficient (Wildman–Crippen LogP) is -1.11. The summed E-state index contributed by atoms with van der Waals surface area (Å²) in [5.74, 6) is -0.772. The summed E-state index contributed by atoms with van der Waals surface area (Å²) < 4.78 is 23.5. The van der Waals surface area contributed by atoms with Gasteiger partial charge in [-0.25, -0.2) is 0 Å². The van der Waals surface area contributed by atoms with E-state index in [1.807, 2.05) is 0 Å². The molecule has 1 unspecified atom stereocenters. The number of aliphatic hydroxyl groups is 2. The second kappa shape index (κ2) is 11.7. The average molecular weight is 303 g/mol. The Labute approximate surface area is 106 Å². The van der Waals surface area contributed by atoms with Gasteiger partial charge >= 0.3 is 5.97 Å². The summed E-state index contributed by atoms with van der Waals surface area (Å²) in [5, 5.41) is 16.3. The molecule has 81 valence electrons. The molecule has 0 aliphatic heterocycles. The number of aliphatic hydroxyl groups excluding tert-OH is 2. The Bertz CT molecular complexity index is 175. The number of carbonyl (C=O) groups excluding carboxylic acids is 1. The summed E-state index contributed by atoms with van der Waals surface area (Å²) in [4.78, 5) is 10.7. The molecule has 2 N–H and O–H groups in total. The van der Waals surface area contributed by atoms with Gasteiger partial charge in [-0.3, -0.25) is 9.36 Å². The summed E-state index contributed by atoms with van der Waals surface area (Å²) in [7, 11) is -2.57. The fourth-order valence-electron chi connectivity index (χ4n) is 0.437. The van der Waals surface area contributed by atoms with Crippen LogP contribution >= 0.6 is 8.03 Å². The quantitative estimate of drug-likeness (QED) is 0.266. The zero-order valence-corrected chi connectivity index (χ0v) is 11.2. The first-order chi connectivity index (χ1) is 6.20. The maximum Gasteiger partial charge on any atom is 0.317 e. The van der Waals surface area contributed by atoms with E-state index in [9.17, 15) is 9.36 Å². The molecule has 0 aromatic heterocycles. The van der Waals surface area contributed by atoms with Gasteiger partial charge in [0.15, 0.2) is 6.79 Å². The normalized spacial score (nSPS) is 11.6. The summed E-state index contributed by atoms with van der Waals surface area (Å²) >= 11 is 0. The molecule has 0 aliphatic rings. The van der Waals surface area contributed by atoms with Gasteiger partial charge in [0.25, 0.3) is 0 Å². The molecule has 0 amide bonds. The van der Waals surface area contributed by atoms with Crippen LogP contribution in [0.15, 0.2) is 0 Å². The van der Waals surface area contributed by atoms with E-state index in [0.717, 1.165) is 0 Å². The van der Waals surface area contributed by atoms with Crippen molar-refractivity contribution < 1.29 is 66.3 Å². The van der Waals surface area contributed by atoms with E-state index < -0.39 is 40.5 Å². The molecule has 0 heterocycles. The Hall–Kier alpha value is 0.644. The van der Waals surface area contributed by atoms with Crippen molar-refractivity contribution in [3.63, 3.8) is 0 Å². The monoisotopic (exact) mass is 303 g/mol. The van der Waals surface area contributed by atoms with Crippen LogP contribution in [0.25, 0.3) is 0 Å². The molecule has 9 heteroatoms. The first-order valence-corrected chi connectivity index (χ1v) is 4.83. The van der Waals surface area contributed by atoms with Crippen molar-refractivity contribution in [1.82, 2.24) is 0 Å². The number of carbonyl (C=O) groups is 1. The van der Waals surface area contributed by atoms with Crippen molar-refractivity contribution in [2.75, 3.05) is 26.5 Å². The van der Waals surface area contributed by atoms with Crippen LogP contribution in [-0.2, 0) is 56.1 Å². The molecule has 14 heavy (non-hydrogen) atoms. The standard InChI is InChI=1S/C5H11O7P.Y/c6-2-10-4-11-5(8)1-13(9)12-3-7;/h6-7,13H,1-4H2;. The van der Waals surface area contributed by atoms with E-state index in [-0.39, 0.29) is 32.7 Å². The van der Waals surface area contributed by atoms with Gasteiger partial charge in [0, 0.05) is 32.7 Å². The molecule has 0 aromatic carbocycles. The van der Waals surface area contributed by atoms with E-state index in [4.69, 9.17) is 10.2 Å². The molecule has 0 saturated carbocycles. The summed E-state index contributed by atoms with van der Waals surface area (Å²) in [6.45, 7) is -1.66. The van der Waals surface area contributed by atoms with Gasteiger partial charge in [-0.05, 0) is 0 Å². The minimum atomic E-state index is -2.57. The number of rotatable bonds is 7. The number of hydrogen-bond acceptors (Lipinski definition) is 7. The van der Waals surface area contributed by atoms with E-state index >= 15 is 0 Å². The topological polar surface area (TPSA) is 102 Å². The van der Waals surface area contributed by atoms with Crippen LogP contribution in [0, 0.1) is 0 Å². The second-order valence-electron chi connectivity index (χ2n) is 1.79. The Morgan fingerprint density at radius 2 is 1.93 bits per heavy atom. The van der Waals surface area contributed by atoms with E-state index in [2.05, 4.69) is 14.0 Å². The van der Waals surface area contributed by atoms with Crippen LogP contribution < -0.4 is 0 Å². The van der Waals surface area contributed by atoms with Crippen molar-refractivity contribution in [2.24, 2.45) is 0 Å². The van der Waals surface area contributed by atoms with Crippen LogP contribution in [-0.4, -0.2) is 42.7 Å². The maximum atomic E-state index is 10.7. The third-order valence-corrected chi connectivity index (χ3v) is 1.94. The molecule has 0 rings (SSSR count). The minimum Gasteiger partial charge on any atom is -0.438 e. The predicted molar refractivity (Wildman–Crippen MR) is 41.2 cm³/mol. The van der Waals surface area contributed by atoms with Crippen molar-refractivity contribution in [1.29, 1.82) is 0 Å². The van der Waals surface area contributed by atoms with Crippen LogP contribution in [0.1, 0.15) is 0 Å². The zero-order valence-electron chi connectivity index (χ0n) is 7.34. The smallest absolute Gasteiger partial charge is 0.317 e. The molecular weight excluding hydrogens is 292 g/mol. The molecule has 1 radical (unpaired) electrons. The molecular formula is C5H11O7PY. The van der Waals surface area contributed by atoms with Crippen molar-refractivity contribution in [3.05, 3.63) is 0 Å². The van der Waals surface area contributed by atoms with Crippen molar-refractivity contribution >= 4 is 14.0 Å². The molecule has 1 atom stereocenters. The summed E-state index contributed by atoms with van der Waals surface area (Å²) in [6, 6.07) is 0. The van der Waals surface area contributed by atoms with E-state index in [1.165, 1.54) is 0 Å². The van der Waals surface area contributed by atoms with Gasteiger partial charge in [-0.15, -0.1) is 0 Å². The second-order valence-corrected chi connectivity index (χ2v) is 3.18. The van der Waals surface area contributed by atoms with E-state index in [0.29, 0.717) is 0 Å². The van der Waals surface area contributed by atoms with Gasteiger partial charge in [0.1, 0.15) is 19.7 Å². The number of esters is 1. The van der Waals surface area contributed by atoms with Crippen molar-refractivity contribution in [3.8, 4) is 0 Å². The average Bonchev–Trinajstić information content (AvgIpc) is 2.05. The molecule has 0 aromatic rings. The van der Waals surface area contributed by atoms with Crippen LogP contribution in [0.3, 0.4) is 0 Å². The number of hydrogen-bond donors (Lipinski definition) is 2. The Morgan fingerprint density at radius 1 is 1.29 bits per heavy atom. The van der Waals surface area contributed by atoms with Crippen LogP contribution in [0.4, 0.5) is 0 Å². The molecule has 0 saturated heterocycles. The van der Waals surface area contributed by atoms with Gasteiger partial charge in [0.2, 0.25) is 8.03 Å². The number of ether oxygens (including phenoxy) is 2. The Balaban J connectivity index is 0. The zero-order chi connectivity index (χ0) is 10.1. The van der Waals surface area contributed by atoms with Gasteiger partial charge < -0.3 is 24.2 Å². The fraction of sp³-hybridized carbons (Fsp3) is 0.800. The Kier molecular flexibility index (Phi) is 14.3. The first kappa shape index (κ1) is 17.1. The molecule has 0 spiro atoms. The molecule has 7 nitrogen and oxygen atoms in total. The minimum absolute atomic E-state index is 0. The third-order valence-electron chi connectivity index (χ3n) is 0.909. The summed E-state index contributed by atoms with van der Waals surface area (Å²) in [5.41, 5.74) is 0. The third kappa shape index (κ3) is 10.7. The molecule has 0 aliphatic carbocycles.